The van der Waals surface area contributed by atoms with Crippen molar-refractivity contribution in [2.45, 2.75) is 25.7 Å². The average molecular weight is 254 g/mol. The third kappa shape index (κ3) is 2.77. The van der Waals surface area contributed by atoms with Crippen LogP contribution in [-0.2, 0) is 22.4 Å². The monoisotopic (exact) mass is 253 g/mol. The molecule has 0 aliphatic carbocycles. The molecule has 2 rings (SSSR count). The van der Waals surface area contributed by atoms with Gasteiger partial charge in [0.15, 0.2) is 0 Å². The van der Waals surface area contributed by atoms with Gasteiger partial charge < -0.3 is 10.4 Å². The lowest BCUT2D eigenvalue weighted by atomic mass is 10.0. The zero-order valence-electron chi connectivity index (χ0n) is 9.12. The van der Waals surface area contributed by atoms with E-state index >= 15 is 0 Å². The minimum Gasteiger partial charge on any atom is -0.481 e. The van der Waals surface area contributed by atoms with Crippen molar-refractivity contribution in [2.75, 3.05) is 5.32 Å². The first-order valence-electron chi connectivity index (χ1n) is 5.39. The Morgan fingerprint density at radius 2 is 2.24 bits per heavy atom. The summed E-state index contributed by atoms with van der Waals surface area (Å²) in [6.45, 7) is 0. The number of benzene rings is 1. The van der Waals surface area contributed by atoms with Gasteiger partial charge in [-0.2, -0.15) is 0 Å². The van der Waals surface area contributed by atoms with E-state index in [-0.39, 0.29) is 12.3 Å². The summed E-state index contributed by atoms with van der Waals surface area (Å²) < 4.78 is 0. The minimum absolute atomic E-state index is 0.0400. The Hall–Kier alpha value is -1.55. The highest BCUT2D eigenvalue weighted by Gasteiger charge is 2.21. The molecule has 1 heterocycles. The molecule has 0 radical (unpaired) electrons. The number of carbonyl (C=O) groups excluding carboxylic acids is 1. The Kier molecular flexibility index (Phi) is 3.33. The van der Waals surface area contributed by atoms with Crippen LogP contribution in [0.4, 0.5) is 5.69 Å². The Morgan fingerprint density at radius 3 is 2.94 bits per heavy atom. The van der Waals surface area contributed by atoms with Gasteiger partial charge >= 0.3 is 5.97 Å². The fraction of sp³-hybridized carbons (Fsp3) is 0.333. The van der Waals surface area contributed by atoms with Crippen molar-refractivity contribution in [3.63, 3.8) is 0 Å². The highest BCUT2D eigenvalue weighted by Crippen LogP contribution is 2.31. The molecule has 0 saturated carbocycles. The number of carbonyl (C=O) groups is 2. The first-order chi connectivity index (χ1) is 8.06. The van der Waals surface area contributed by atoms with E-state index < -0.39 is 5.97 Å². The summed E-state index contributed by atoms with van der Waals surface area (Å²) in [5.41, 5.74) is 2.62. The number of rotatable bonds is 4. The van der Waals surface area contributed by atoms with E-state index in [4.69, 9.17) is 16.7 Å². The van der Waals surface area contributed by atoms with Gasteiger partial charge in [0, 0.05) is 17.1 Å². The number of anilines is 1. The molecule has 1 aromatic carbocycles. The summed E-state index contributed by atoms with van der Waals surface area (Å²) in [5.74, 6) is -0.852. The first kappa shape index (κ1) is 11.9. The second-order valence-corrected chi connectivity index (χ2v) is 4.51. The van der Waals surface area contributed by atoms with Gasteiger partial charge in [0.2, 0.25) is 5.91 Å². The van der Waals surface area contributed by atoms with Crippen LogP contribution >= 0.6 is 11.6 Å². The maximum absolute atomic E-state index is 11.3. The Labute approximate surface area is 104 Å². The molecule has 0 unspecified atom stereocenters. The number of hydrogen-bond donors (Lipinski definition) is 2. The molecule has 0 saturated heterocycles. The van der Waals surface area contributed by atoms with E-state index in [9.17, 15) is 9.59 Å². The zero-order chi connectivity index (χ0) is 12.4. The SMILES string of the molecule is O=C(O)CCCc1cc(Cl)cc2c1NC(=O)C2. The summed E-state index contributed by atoms with van der Waals surface area (Å²) in [6, 6.07) is 3.56. The van der Waals surface area contributed by atoms with Crippen LogP contribution in [-0.4, -0.2) is 17.0 Å². The fourth-order valence-corrected chi connectivity index (χ4v) is 2.27. The Morgan fingerprint density at radius 1 is 1.47 bits per heavy atom. The van der Waals surface area contributed by atoms with Crippen LogP contribution in [0.15, 0.2) is 12.1 Å². The van der Waals surface area contributed by atoms with Crippen LogP contribution in [0.5, 0.6) is 0 Å². The molecule has 0 aromatic heterocycles. The molecule has 1 aromatic rings. The molecule has 90 valence electrons. The molecule has 1 amide bonds. The first-order valence-corrected chi connectivity index (χ1v) is 5.77. The number of amides is 1. The number of carboxylic acid groups (broad SMARTS) is 1. The summed E-state index contributed by atoms with van der Waals surface area (Å²) in [5, 5.41) is 12.0. The number of nitrogens with one attached hydrogen (secondary N) is 1. The molecular formula is C12H12ClNO3. The molecule has 17 heavy (non-hydrogen) atoms. The van der Waals surface area contributed by atoms with Crippen LogP contribution in [0.2, 0.25) is 5.02 Å². The van der Waals surface area contributed by atoms with Crippen molar-refractivity contribution in [1.82, 2.24) is 0 Å². The van der Waals surface area contributed by atoms with Gasteiger partial charge in [-0.15, -0.1) is 0 Å². The maximum Gasteiger partial charge on any atom is 0.303 e. The summed E-state index contributed by atoms with van der Waals surface area (Å²) in [4.78, 5) is 21.7. The largest absolute Gasteiger partial charge is 0.481 e. The summed E-state index contributed by atoms with van der Waals surface area (Å²) >= 11 is 5.96. The number of carboxylic acids is 1. The molecule has 0 spiro atoms. The topological polar surface area (TPSA) is 66.4 Å². The highest BCUT2D eigenvalue weighted by atomic mass is 35.5. The van der Waals surface area contributed by atoms with Gasteiger partial charge in [-0.3, -0.25) is 9.59 Å². The molecule has 0 atom stereocenters. The molecule has 0 fully saturated rings. The van der Waals surface area contributed by atoms with Crippen LogP contribution < -0.4 is 5.32 Å². The molecule has 2 N–H and O–H groups in total. The molecule has 5 heteroatoms. The van der Waals surface area contributed by atoms with Gasteiger partial charge in [0.1, 0.15) is 0 Å². The van der Waals surface area contributed by atoms with Gasteiger partial charge in [-0.05, 0) is 36.1 Å². The van der Waals surface area contributed by atoms with Crippen molar-refractivity contribution in [2.24, 2.45) is 0 Å². The maximum atomic E-state index is 11.3. The molecule has 1 aliphatic heterocycles. The highest BCUT2D eigenvalue weighted by molar-refractivity contribution is 6.31. The molecule has 1 aliphatic rings. The quantitative estimate of drug-likeness (QED) is 0.865. The predicted molar refractivity (Wildman–Crippen MR) is 64.4 cm³/mol. The normalized spacial score (nSPS) is 13.4. The summed E-state index contributed by atoms with van der Waals surface area (Å²) in [6.07, 6.45) is 1.62. The second kappa shape index (κ2) is 4.75. The van der Waals surface area contributed by atoms with E-state index in [2.05, 4.69) is 5.32 Å². The Bertz CT molecular complexity index is 485. The van der Waals surface area contributed by atoms with E-state index in [1.54, 1.807) is 12.1 Å². The number of halogens is 1. The van der Waals surface area contributed by atoms with Crippen molar-refractivity contribution in [1.29, 1.82) is 0 Å². The van der Waals surface area contributed by atoms with E-state index in [0.29, 0.717) is 24.3 Å². The van der Waals surface area contributed by atoms with Gasteiger partial charge in [0.05, 0.1) is 6.42 Å². The minimum atomic E-state index is -0.812. The molecule has 0 bridgehead atoms. The predicted octanol–water partition coefficient (Wildman–Crippen LogP) is 2.24. The Balaban J connectivity index is 2.17. The average Bonchev–Trinajstić information content (AvgIpc) is 2.57. The smallest absolute Gasteiger partial charge is 0.303 e. The van der Waals surface area contributed by atoms with E-state index in [1.807, 2.05) is 0 Å². The third-order valence-electron chi connectivity index (χ3n) is 2.72. The standard InChI is InChI=1S/C12H12ClNO3/c13-9-4-7(2-1-3-11(16)17)12-8(5-9)6-10(15)14-12/h4-5H,1-3,6H2,(H,14,15)(H,16,17). The van der Waals surface area contributed by atoms with Gasteiger partial charge in [-0.25, -0.2) is 0 Å². The number of hydrogen-bond acceptors (Lipinski definition) is 2. The van der Waals surface area contributed by atoms with Crippen molar-refractivity contribution in [3.05, 3.63) is 28.3 Å². The second-order valence-electron chi connectivity index (χ2n) is 4.07. The van der Waals surface area contributed by atoms with Crippen LogP contribution in [0.3, 0.4) is 0 Å². The van der Waals surface area contributed by atoms with Crippen molar-refractivity contribution >= 4 is 29.2 Å². The van der Waals surface area contributed by atoms with E-state index in [1.165, 1.54) is 0 Å². The van der Waals surface area contributed by atoms with Gasteiger partial charge in [0.25, 0.3) is 0 Å². The zero-order valence-corrected chi connectivity index (χ0v) is 9.88. The van der Waals surface area contributed by atoms with Crippen LogP contribution in [0.25, 0.3) is 0 Å². The lowest BCUT2D eigenvalue weighted by Crippen LogP contribution is -2.05. The third-order valence-corrected chi connectivity index (χ3v) is 2.94. The number of aliphatic carboxylic acids is 1. The molecule has 4 nitrogen and oxygen atoms in total. The van der Waals surface area contributed by atoms with Gasteiger partial charge in [-0.1, -0.05) is 11.6 Å². The number of fused-ring (bicyclic) bond motifs is 1. The summed E-state index contributed by atoms with van der Waals surface area (Å²) in [7, 11) is 0. The molecular weight excluding hydrogens is 242 g/mol. The number of aryl methyl sites for hydroxylation is 1. The lowest BCUT2D eigenvalue weighted by molar-refractivity contribution is -0.137. The van der Waals surface area contributed by atoms with Crippen molar-refractivity contribution in [3.8, 4) is 0 Å². The lowest BCUT2D eigenvalue weighted by Gasteiger charge is -2.08. The van der Waals surface area contributed by atoms with E-state index in [0.717, 1.165) is 16.8 Å². The van der Waals surface area contributed by atoms with Crippen molar-refractivity contribution < 1.29 is 14.7 Å². The van der Waals surface area contributed by atoms with Crippen LogP contribution in [0.1, 0.15) is 24.0 Å². The van der Waals surface area contributed by atoms with Crippen LogP contribution in [0, 0.1) is 0 Å². The fourth-order valence-electron chi connectivity index (χ4n) is 2.01.